The Balaban J connectivity index is 1.94. The zero-order valence-electron chi connectivity index (χ0n) is 7.66. The zero-order chi connectivity index (χ0) is 8.55. The number of hydrogen-bond acceptors (Lipinski definition) is 3. The molecule has 2 rings (SSSR count). The fourth-order valence-corrected chi connectivity index (χ4v) is 1.88. The molecule has 2 aliphatic rings. The molecule has 0 N–H and O–H groups in total. The molecule has 70 valence electrons. The van der Waals surface area contributed by atoms with Gasteiger partial charge in [0.25, 0.3) is 0 Å². The van der Waals surface area contributed by atoms with Gasteiger partial charge in [0.2, 0.25) is 0 Å². The number of fused-ring (bicyclic) bond motifs is 1. The van der Waals surface area contributed by atoms with Crippen molar-refractivity contribution in [1.29, 1.82) is 0 Å². The van der Waals surface area contributed by atoms with Crippen molar-refractivity contribution in [1.82, 2.24) is 0 Å². The van der Waals surface area contributed by atoms with Gasteiger partial charge in [-0.2, -0.15) is 0 Å². The molecule has 4 atom stereocenters. The lowest BCUT2D eigenvalue weighted by Crippen LogP contribution is -2.44. The van der Waals surface area contributed by atoms with Crippen molar-refractivity contribution in [3.8, 4) is 0 Å². The number of ether oxygens (including phenoxy) is 3. The van der Waals surface area contributed by atoms with Crippen LogP contribution in [-0.4, -0.2) is 25.8 Å². The first-order valence-corrected chi connectivity index (χ1v) is 4.64. The van der Waals surface area contributed by atoms with E-state index in [1.54, 1.807) is 0 Å². The van der Waals surface area contributed by atoms with Crippen molar-refractivity contribution in [2.75, 3.05) is 13.2 Å². The lowest BCUT2D eigenvalue weighted by Gasteiger charge is -2.39. The van der Waals surface area contributed by atoms with E-state index in [1.807, 2.05) is 6.92 Å². The van der Waals surface area contributed by atoms with Crippen LogP contribution in [0.15, 0.2) is 0 Å². The van der Waals surface area contributed by atoms with E-state index >= 15 is 0 Å². The Bertz CT molecular complexity index is 142. The standard InChI is InChI=1S/C9H16O3/c1-6-3-8-5-10-7(2)12-9(8)11-4-6/h6-9H,3-5H2,1-2H3. The fourth-order valence-electron chi connectivity index (χ4n) is 1.88. The van der Waals surface area contributed by atoms with Crippen LogP contribution in [-0.2, 0) is 14.2 Å². The summed E-state index contributed by atoms with van der Waals surface area (Å²) in [5.74, 6) is 1.09. The summed E-state index contributed by atoms with van der Waals surface area (Å²) in [4.78, 5) is 0. The summed E-state index contributed by atoms with van der Waals surface area (Å²) in [6.07, 6.45) is 1.06. The van der Waals surface area contributed by atoms with Gasteiger partial charge < -0.3 is 14.2 Å². The molecule has 2 fully saturated rings. The van der Waals surface area contributed by atoms with Gasteiger partial charge in [-0.25, -0.2) is 0 Å². The fraction of sp³-hybridized carbons (Fsp3) is 1.00. The Labute approximate surface area is 73.0 Å². The minimum absolute atomic E-state index is 0.00931. The molecule has 0 saturated carbocycles. The highest BCUT2D eigenvalue weighted by Crippen LogP contribution is 2.30. The van der Waals surface area contributed by atoms with Gasteiger partial charge in [0.1, 0.15) is 0 Å². The van der Waals surface area contributed by atoms with E-state index < -0.39 is 0 Å². The van der Waals surface area contributed by atoms with Crippen molar-refractivity contribution < 1.29 is 14.2 Å². The van der Waals surface area contributed by atoms with Crippen molar-refractivity contribution in [2.24, 2.45) is 11.8 Å². The number of hydrogen-bond donors (Lipinski definition) is 0. The highest BCUT2D eigenvalue weighted by molar-refractivity contribution is 4.74. The van der Waals surface area contributed by atoms with Gasteiger partial charge in [-0.1, -0.05) is 6.92 Å². The average Bonchev–Trinajstić information content (AvgIpc) is 2.05. The maximum Gasteiger partial charge on any atom is 0.165 e. The predicted octanol–water partition coefficient (Wildman–Crippen LogP) is 1.38. The molecule has 0 aliphatic carbocycles. The Hall–Kier alpha value is -0.120. The van der Waals surface area contributed by atoms with E-state index in [4.69, 9.17) is 14.2 Å². The van der Waals surface area contributed by atoms with Crippen LogP contribution in [0.4, 0.5) is 0 Å². The Morgan fingerprint density at radius 2 is 1.92 bits per heavy atom. The summed E-state index contributed by atoms with van der Waals surface area (Å²) in [6.45, 7) is 5.73. The predicted molar refractivity (Wildman–Crippen MR) is 43.5 cm³/mol. The molecule has 0 aromatic carbocycles. The summed E-state index contributed by atoms with van der Waals surface area (Å²) in [7, 11) is 0. The first kappa shape index (κ1) is 8.48. The summed E-state index contributed by atoms with van der Waals surface area (Å²) in [5, 5.41) is 0. The monoisotopic (exact) mass is 172 g/mol. The van der Waals surface area contributed by atoms with Gasteiger partial charge in [0.05, 0.1) is 13.2 Å². The first-order chi connectivity index (χ1) is 5.75. The molecule has 12 heavy (non-hydrogen) atoms. The van der Waals surface area contributed by atoms with E-state index in [0.717, 1.165) is 19.6 Å². The van der Waals surface area contributed by atoms with Crippen LogP contribution >= 0.6 is 0 Å². The van der Waals surface area contributed by atoms with E-state index in [2.05, 4.69) is 6.92 Å². The summed E-state index contributed by atoms with van der Waals surface area (Å²) in [6, 6.07) is 0. The van der Waals surface area contributed by atoms with Gasteiger partial charge in [-0.3, -0.25) is 0 Å². The zero-order valence-corrected chi connectivity index (χ0v) is 7.66. The normalized spacial score (nSPS) is 48.5. The molecule has 3 heteroatoms. The second-order valence-corrected chi connectivity index (χ2v) is 3.84. The Kier molecular flexibility index (Phi) is 2.35. The highest BCUT2D eigenvalue weighted by Gasteiger charge is 2.35. The van der Waals surface area contributed by atoms with Crippen LogP contribution in [0.2, 0.25) is 0 Å². The second-order valence-electron chi connectivity index (χ2n) is 3.84. The highest BCUT2D eigenvalue weighted by atomic mass is 16.8. The maximum absolute atomic E-state index is 5.56. The third kappa shape index (κ3) is 1.63. The molecular formula is C9H16O3. The number of rotatable bonds is 0. The first-order valence-electron chi connectivity index (χ1n) is 4.64. The van der Waals surface area contributed by atoms with E-state index in [1.165, 1.54) is 0 Å². The Morgan fingerprint density at radius 3 is 2.75 bits per heavy atom. The molecule has 0 amide bonds. The van der Waals surface area contributed by atoms with Gasteiger partial charge in [0, 0.05) is 5.92 Å². The van der Waals surface area contributed by atoms with Crippen molar-refractivity contribution in [3.63, 3.8) is 0 Å². The molecule has 4 unspecified atom stereocenters. The Morgan fingerprint density at radius 1 is 1.08 bits per heavy atom. The van der Waals surface area contributed by atoms with E-state index in [9.17, 15) is 0 Å². The van der Waals surface area contributed by atoms with Gasteiger partial charge in [-0.05, 0) is 19.3 Å². The molecule has 0 spiro atoms. The van der Waals surface area contributed by atoms with Crippen LogP contribution in [0, 0.1) is 11.8 Å². The average molecular weight is 172 g/mol. The van der Waals surface area contributed by atoms with Crippen LogP contribution in [0.5, 0.6) is 0 Å². The largest absolute Gasteiger partial charge is 0.352 e. The molecule has 2 saturated heterocycles. The van der Waals surface area contributed by atoms with Crippen molar-refractivity contribution >= 4 is 0 Å². The quantitative estimate of drug-likeness (QED) is 0.552. The van der Waals surface area contributed by atoms with Gasteiger partial charge >= 0.3 is 0 Å². The topological polar surface area (TPSA) is 27.7 Å². The minimum Gasteiger partial charge on any atom is -0.352 e. The molecular weight excluding hydrogens is 156 g/mol. The van der Waals surface area contributed by atoms with Gasteiger partial charge in [0.15, 0.2) is 12.6 Å². The smallest absolute Gasteiger partial charge is 0.165 e. The second kappa shape index (κ2) is 3.32. The summed E-state index contributed by atoms with van der Waals surface area (Å²) < 4.78 is 16.4. The SMILES string of the molecule is CC1COC2OC(C)OCC2C1. The molecule has 2 aliphatic heterocycles. The van der Waals surface area contributed by atoms with Crippen LogP contribution in [0.3, 0.4) is 0 Å². The lowest BCUT2D eigenvalue weighted by molar-refractivity contribution is -0.320. The van der Waals surface area contributed by atoms with Crippen LogP contribution in [0.1, 0.15) is 20.3 Å². The van der Waals surface area contributed by atoms with Crippen molar-refractivity contribution in [2.45, 2.75) is 32.8 Å². The van der Waals surface area contributed by atoms with E-state index in [0.29, 0.717) is 11.8 Å². The molecule has 0 aromatic rings. The third-order valence-electron chi connectivity index (χ3n) is 2.51. The van der Waals surface area contributed by atoms with Gasteiger partial charge in [-0.15, -0.1) is 0 Å². The minimum atomic E-state index is -0.0975. The van der Waals surface area contributed by atoms with E-state index in [-0.39, 0.29) is 12.6 Å². The molecule has 3 nitrogen and oxygen atoms in total. The summed E-state index contributed by atoms with van der Waals surface area (Å²) >= 11 is 0. The van der Waals surface area contributed by atoms with Crippen LogP contribution < -0.4 is 0 Å². The maximum atomic E-state index is 5.56. The molecule has 0 bridgehead atoms. The third-order valence-corrected chi connectivity index (χ3v) is 2.51. The molecule has 2 heterocycles. The van der Waals surface area contributed by atoms with Crippen molar-refractivity contribution in [3.05, 3.63) is 0 Å². The lowest BCUT2D eigenvalue weighted by atomic mass is 9.93. The summed E-state index contributed by atoms with van der Waals surface area (Å²) in [5.41, 5.74) is 0. The van der Waals surface area contributed by atoms with Crippen LogP contribution in [0.25, 0.3) is 0 Å². The molecule has 0 radical (unpaired) electrons. The molecule has 0 aromatic heterocycles.